The molecule has 1 atom stereocenters. The van der Waals surface area contributed by atoms with Crippen molar-refractivity contribution in [1.82, 2.24) is 5.32 Å². The van der Waals surface area contributed by atoms with Gasteiger partial charge in [0.15, 0.2) is 9.84 Å². The third-order valence-electron chi connectivity index (χ3n) is 4.15. The topological polar surface area (TPSA) is 63.2 Å². The number of amides is 1. The second-order valence-corrected chi connectivity index (χ2v) is 8.54. The van der Waals surface area contributed by atoms with Crippen LogP contribution in [0.4, 0.5) is 0 Å². The summed E-state index contributed by atoms with van der Waals surface area (Å²) in [6.45, 7) is -0.0490. The van der Waals surface area contributed by atoms with Crippen molar-refractivity contribution in [2.45, 2.75) is 10.1 Å². The van der Waals surface area contributed by atoms with Gasteiger partial charge in [0.1, 0.15) is 5.25 Å². The highest BCUT2D eigenvalue weighted by atomic mass is 35.5. The number of benzene rings is 3. The fraction of sp³-hybridized carbons (Fsp3) is 0.0952. The van der Waals surface area contributed by atoms with Crippen LogP contribution in [0.25, 0.3) is 0 Å². The molecule has 1 amide bonds. The summed E-state index contributed by atoms with van der Waals surface area (Å²) in [7, 11) is -3.68. The van der Waals surface area contributed by atoms with E-state index in [1.807, 2.05) is 6.07 Å². The van der Waals surface area contributed by atoms with Gasteiger partial charge in [-0.15, -0.1) is 0 Å². The van der Waals surface area contributed by atoms with Gasteiger partial charge >= 0.3 is 0 Å². The smallest absolute Gasteiger partial charge is 0.251 e. The Morgan fingerprint density at radius 3 is 2.15 bits per heavy atom. The number of carbonyl (C=O) groups is 1. The van der Waals surface area contributed by atoms with Crippen LogP contribution in [0, 0.1) is 0 Å². The molecule has 0 spiro atoms. The molecule has 1 N–H and O–H groups in total. The van der Waals surface area contributed by atoms with Crippen LogP contribution < -0.4 is 5.32 Å². The average Bonchev–Trinajstić information content (AvgIpc) is 2.69. The van der Waals surface area contributed by atoms with E-state index in [-0.39, 0.29) is 17.3 Å². The highest BCUT2D eigenvalue weighted by Crippen LogP contribution is 2.28. The third kappa shape index (κ3) is 4.56. The standard InChI is InChI=1S/C21H18ClNO3S/c22-18-11-7-10-17(14-18)21(24)23-15-20(16-8-3-1-4-9-16)27(25,26)19-12-5-2-6-13-19/h1-14,20H,15H2,(H,23,24)/t20-/m0/s1. The lowest BCUT2D eigenvalue weighted by atomic mass is 10.1. The molecule has 3 aromatic carbocycles. The first-order valence-corrected chi connectivity index (χ1v) is 10.3. The maximum atomic E-state index is 13.2. The number of nitrogens with one attached hydrogen (secondary N) is 1. The molecule has 4 nitrogen and oxygen atoms in total. The number of hydrogen-bond donors (Lipinski definition) is 1. The number of halogens is 1. The fourth-order valence-electron chi connectivity index (χ4n) is 2.77. The molecule has 0 bridgehead atoms. The Labute approximate surface area is 163 Å². The van der Waals surface area contributed by atoms with Crippen molar-refractivity contribution in [3.8, 4) is 0 Å². The lowest BCUT2D eigenvalue weighted by Gasteiger charge is -2.19. The Kier molecular flexibility index (Phi) is 5.94. The van der Waals surface area contributed by atoms with Gasteiger partial charge in [0.25, 0.3) is 5.91 Å². The zero-order chi connectivity index (χ0) is 19.3. The lowest BCUT2D eigenvalue weighted by molar-refractivity contribution is 0.0953. The summed E-state index contributed by atoms with van der Waals surface area (Å²) in [4.78, 5) is 12.6. The van der Waals surface area contributed by atoms with Gasteiger partial charge in [-0.3, -0.25) is 4.79 Å². The molecular formula is C21H18ClNO3S. The van der Waals surface area contributed by atoms with Gasteiger partial charge in [0.2, 0.25) is 0 Å². The van der Waals surface area contributed by atoms with Crippen LogP contribution >= 0.6 is 11.6 Å². The number of rotatable bonds is 6. The van der Waals surface area contributed by atoms with Gasteiger partial charge in [0, 0.05) is 17.1 Å². The van der Waals surface area contributed by atoms with E-state index in [1.165, 1.54) is 0 Å². The van der Waals surface area contributed by atoms with Crippen molar-refractivity contribution in [3.05, 3.63) is 101 Å². The van der Waals surface area contributed by atoms with Gasteiger partial charge in [0.05, 0.1) is 4.90 Å². The van der Waals surface area contributed by atoms with E-state index >= 15 is 0 Å². The van der Waals surface area contributed by atoms with Crippen molar-refractivity contribution in [1.29, 1.82) is 0 Å². The maximum Gasteiger partial charge on any atom is 0.251 e. The second kappa shape index (κ2) is 8.37. The van der Waals surface area contributed by atoms with Crippen LogP contribution in [-0.2, 0) is 9.84 Å². The zero-order valence-electron chi connectivity index (χ0n) is 14.4. The van der Waals surface area contributed by atoms with Crippen molar-refractivity contribution >= 4 is 27.3 Å². The number of sulfone groups is 1. The van der Waals surface area contributed by atoms with Gasteiger partial charge in [-0.05, 0) is 35.9 Å². The molecule has 0 aliphatic carbocycles. The molecular weight excluding hydrogens is 382 g/mol. The predicted molar refractivity (Wildman–Crippen MR) is 107 cm³/mol. The van der Waals surface area contributed by atoms with E-state index < -0.39 is 15.1 Å². The average molecular weight is 400 g/mol. The van der Waals surface area contributed by atoms with Crippen LogP contribution in [0.15, 0.2) is 89.8 Å². The van der Waals surface area contributed by atoms with Crippen molar-refractivity contribution < 1.29 is 13.2 Å². The minimum absolute atomic E-state index is 0.0490. The van der Waals surface area contributed by atoms with Crippen LogP contribution in [0.5, 0.6) is 0 Å². The molecule has 0 aromatic heterocycles. The Morgan fingerprint density at radius 2 is 1.52 bits per heavy atom. The molecule has 0 saturated heterocycles. The summed E-state index contributed by atoms with van der Waals surface area (Å²) in [5.41, 5.74) is 0.999. The molecule has 0 aliphatic rings. The van der Waals surface area contributed by atoms with Crippen LogP contribution in [-0.4, -0.2) is 20.9 Å². The van der Waals surface area contributed by atoms with E-state index in [0.717, 1.165) is 0 Å². The molecule has 0 saturated carbocycles. The molecule has 27 heavy (non-hydrogen) atoms. The fourth-order valence-corrected chi connectivity index (χ4v) is 4.64. The van der Waals surface area contributed by atoms with E-state index in [9.17, 15) is 13.2 Å². The summed E-state index contributed by atoms with van der Waals surface area (Å²) in [6, 6.07) is 23.6. The van der Waals surface area contributed by atoms with Crippen molar-refractivity contribution in [2.75, 3.05) is 6.54 Å². The molecule has 0 aliphatic heterocycles. The molecule has 138 valence electrons. The minimum Gasteiger partial charge on any atom is -0.350 e. The van der Waals surface area contributed by atoms with E-state index in [4.69, 9.17) is 11.6 Å². The Balaban J connectivity index is 1.89. The summed E-state index contributed by atoms with van der Waals surface area (Å²) >= 11 is 5.92. The van der Waals surface area contributed by atoms with Gasteiger partial charge in [-0.25, -0.2) is 8.42 Å². The van der Waals surface area contributed by atoms with Gasteiger partial charge in [-0.2, -0.15) is 0 Å². The van der Waals surface area contributed by atoms with Crippen LogP contribution in [0.1, 0.15) is 21.2 Å². The first kappa shape index (κ1) is 19.1. The molecule has 3 rings (SSSR count). The van der Waals surface area contributed by atoms with Crippen molar-refractivity contribution in [2.24, 2.45) is 0 Å². The normalized spacial score (nSPS) is 12.3. The van der Waals surface area contributed by atoms with Gasteiger partial charge < -0.3 is 5.32 Å². The van der Waals surface area contributed by atoms with E-state index in [1.54, 1.807) is 78.9 Å². The highest BCUT2D eigenvalue weighted by molar-refractivity contribution is 7.91. The third-order valence-corrected chi connectivity index (χ3v) is 6.50. The molecule has 0 fully saturated rings. The van der Waals surface area contributed by atoms with Crippen LogP contribution in [0.2, 0.25) is 5.02 Å². The molecule has 0 radical (unpaired) electrons. The first-order valence-electron chi connectivity index (χ1n) is 8.36. The van der Waals surface area contributed by atoms with E-state index in [0.29, 0.717) is 16.1 Å². The molecule has 0 heterocycles. The van der Waals surface area contributed by atoms with Crippen LogP contribution in [0.3, 0.4) is 0 Å². The molecule has 0 unspecified atom stereocenters. The quantitative estimate of drug-likeness (QED) is 0.672. The summed E-state index contributed by atoms with van der Waals surface area (Å²) in [6.07, 6.45) is 0. The lowest BCUT2D eigenvalue weighted by Crippen LogP contribution is -2.32. The summed E-state index contributed by atoms with van der Waals surface area (Å²) in [5, 5.41) is 2.27. The summed E-state index contributed by atoms with van der Waals surface area (Å²) in [5.74, 6) is -0.373. The molecule has 6 heteroatoms. The monoisotopic (exact) mass is 399 g/mol. The number of hydrogen-bond acceptors (Lipinski definition) is 3. The Hall–Kier alpha value is -2.63. The Morgan fingerprint density at radius 1 is 0.889 bits per heavy atom. The van der Waals surface area contributed by atoms with E-state index in [2.05, 4.69) is 5.32 Å². The summed E-state index contributed by atoms with van der Waals surface area (Å²) < 4.78 is 26.3. The Bertz CT molecular complexity index is 1020. The maximum absolute atomic E-state index is 13.2. The predicted octanol–water partition coefficient (Wildman–Crippen LogP) is 4.29. The van der Waals surface area contributed by atoms with Crippen molar-refractivity contribution in [3.63, 3.8) is 0 Å². The first-order chi connectivity index (χ1) is 13.0. The zero-order valence-corrected chi connectivity index (χ0v) is 16.0. The minimum atomic E-state index is -3.68. The highest BCUT2D eigenvalue weighted by Gasteiger charge is 2.29. The molecule has 3 aromatic rings. The van der Waals surface area contributed by atoms with Gasteiger partial charge in [-0.1, -0.05) is 66.2 Å². The largest absolute Gasteiger partial charge is 0.350 e. The SMILES string of the molecule is O=C(NC[C@@H](c1ccccc1)S(=O)(=O)c1ccccc1)c1cccc(Cl)c1. The number of carbonyl (C=O) groups excluding carboxylic acids is 1. The second-order valence-electron chi connectivity index (χ2n) is 5.98.